The van der Waals surface area contributed by atoms with Gasteiger partial charge in [0.25, 0.3) is 5.91 Å². The molecule has 4 aromatic rings. The topological polar surface area (TPSA) is 134 Å². The first-order valence-electron chi connectivity index (χ1n) is 18.9. The maximum absolute atomic E-state index is 13.9. The Kier molecular flexibility index (Phi) is 14.1. The lowest BCUT2D eigenvalue weighted by molar-refractivity contribution is -0.146. The summed E-state index contributed by atoms with van der Waals surface area (Å²) < 4.78 is 39.1. The number of benzene rings is 4. The molecule has 1 aliphatic carbocycles. The van der Waals surface area contributed by atoms with Crippen LogP contribution in [0.25, 0.3) is 0 Å². The second kappa shape index (κ2) is 18.9. The monoisotopic (exact) mass is 768 g/mol. The molecule has 0 unspecified atom stereocenters. The molecule has 0 spiro atoms. The lowest BCUT2D eigenvalue weighted by Crippen LogP contribution is -2.43. The van der Waals surface area contributed by atoms with Gasteiger partial charge in [-0.1, -0.05) is 37.3 Å². The molecular formula is C43H52N4O7S. The molecule has 1 amide bonds. The van der Waals surface area contributed by atoms with Gasteiger partial charge in [0.1, 0.15) is 0 Å². The fraction of sp³-hybridized carbons (Fsp3) is 0.372. The van der Waals surface area contributed by atoms with Crippen LogP contribution in [0.2, 0.25) is 0 Å². The number of hydrogen-bond donors (Lipinski definition) is 2. The largest absolute Gasteiger partial charge is 0.469 e. The van der Waals surface area contributed by atoms with Crippen molar-refractivity contribution in [3.63, 3.8) is 0 Å². The number of nitrogens with zero attached hydrogens (tertiary/aromatic N) is 2. The lowest BCUT2D eigenvalue weighted by Gasteiger charge is -2.34. The summed E-state index contributed by atoms with van der Waals surface area (Å²) >= 11 is 0. The number of ether oxygens (including phenoxy) is 2. The SMILES string of the molecule is CCN(CC)c1ccc(NC(=O)c2cccc(S(=O)(=O)N(CC)C3CCC(C(=O)OC)CC3)c2)c(Nc2ccc(CCc3ccc(C(=O)OC)cc3)cc2)c1. The Morgan fingerprint density at radius 3 is 1.93 bits per heavy atom. The van der Waals surface area contributed by atoms with Crippen molar-refractivity contribution in [3.8, 4) is 0 Å². The molecule has 1 aliphatic rings. The van der Waals surface area contributed by atoms with Gasteiger partial charge >= 0.3 is 11.9 Å². The lowest BCUT2D eigenvalue weighted by atomic mass is 9.86. The standard InChI is InChI=1S/C43H52N4O7S/c1-6-46(7-2)37-26-27-39(40(29-37)44-35-22-16-31(17-23-35)13-12-30-14-18-32(19-15-30)42(49)53-4)45-41(48)34-10-9-11-38(28-34)55(51,52)47(8-3)36-24-20-33(21-25-36)43(50)54-5/h9-11,14-19,22-23,26-29,33,36,44H,6-8,12-13,20-21,24-25H2,1-5H3,(H,45,48). The van der Waals surface area contributed by atoms with E-state index >= 15 is 0 Å². The van der Waals surface area contributed by atoms with Crippen LogP contribution in [0.15, 0.2) is 95.9 Å². The molecule has 292 valence electrons. The highest BCUT2D eigenvalue weighted by atomic mass is 32.2. The summed E-state index contributed by atoms with van der Waals surface area (Å²) in [4.78, 5) is 39.8. The average Bonchev–Trinajstić information content (AvgIpc) is 3.22. The summed E-state index contributed by atoms with van der Waals surface area (Å²) in [6.45, 7) is 7.88. The van der Waals surface area contributed by atoms with Crippen molar-refractivity contribution in [1.29, 1.82) is 0 Å². The molecule has 5 rings (SSSR count). The Morgan fingerprint density at radius 1 is 0.709 bits per heavy atom. The summed E-state index contributed by atoms with van der Waals surface area (Å²) in [7, 11) is -1.18. The van der Waals surface area contributed by atoms with Crippen LogP contribution in [0.1, 0.15) is 78.3 Å². The predicted octanol–water partition coefficient (Wildman–Crippen LogP) is 7.84. The molecule has 0 atom stereocenters. The number of carbonyl (C=O) groups is 3. The molecule has 12 heteroatoms. The van der Waals surface area contributed by atoms with E-state index in [1.807, 2.05) is 42.5 Å². The number of amides is 1. The van der Waals surface area contributed by atoms with Gasteiger partial charge in [0.15, 0.2) is 0 Å². The Hall–Kier alpha value is -5.20. The van der Waals surface area contributed by atoms with Gasteiger partial charge in [-0.25, -0.2) is 13.2 Å². The van der Waals surface area contributed by atoms with Crippen LogP contribution in [0.4, 0.5) is 22.7 Å². The average molecular weight is 769 g/mol. The van der Waals surface area contributed by atoms with E-state index in [-0.39, 0.29) is 40.9 Å². The zero-order chi connectivity index (χ0) is 39.5. The smallest absolute Gasteiger partial charge is 0.337 e. The molecule has 1 saturated carbocycles. The number of nitrogens with one attached hydrogen (secondary N) is 2. The van der Waals surface area contributed by atoms with Crippen molar-refractivity contribution in [1.82, 2.24) is 4.31 Å². The molecule has 0 aliphatic heterocycles. The van der Waals surface area contributed by atoms with Gasteiger partial charge < -0.3 is 25.0 Å². The molecule has 0 saturated heterocycles. The molecular weight excluding hydrogens is 717 g/mol. The number of rotatable bonds is 16. The quantitative estimate of drug-likeness (QED) is 0.109. The number of sulfonamides is 1. The second-order valence-corrected chi connectivity index (χ2v) is 15.5. The molecule has 0 heterocycles. The van der Waals surface area contributed by atoms with Crippen LogP contribution in [-0.2, 0) is 37.1 Å². The molecule has 0 radical (unpaired) electrons. The third-order valence-corrected chi connectivity index (χ3v) is 12.4. The maximum Gasteiger partial charge on any atom is 0.337 e. The van der Waals surface area contributed by atoms with Crippen LogP contribution < -0.4 is 15.5 Å². The van der Waals surface area contributed by atoms with Crippen LogP contribution >= 0.6 is 0 Å². The predicted molar refractivity (Wildman–Crippen MR) is 217 cm³/mol. The van der Waals surface area contributed by atoms with Crippen molar-refractivity contribution >= 4 is 50.6 Å². The summed E-state index contributed by atoms with van der Waals surface area (Å²) in [5.41, 5.74) is 6.09. The van der Waals surface area contributed by atoms with Gasteiger partial charge in [0.2, 0.25) is 10.0 Å². The minimum atomic E-state index is -3.92. The zero-order valence-electron chi connectivity index (χ0n) is 32.3. The summed E-state index contributed by atoms with van der Waals surface area (Å²) in [5.74, 6) is -1.26. The number of methoxy groups -OCH3 is 2. The van der Waals surface area contributed by atoms with Gasteiger partial charge in [-0.3, -0.25) is 9.59 Å². The van der Waals surface area contributed by atoms with E-state index in [0.29, 0.717) is 42.6 Å². The third-order valence-electron chi connectivity index (χ3n) is 10.3. The first kappa shape index (κ1) is 41.0. The Balaban J connectivity index is 1.31. The van der Waals surface area contributed by atoms with Crippen LogP contribution in [0.5, 0.6) is 0 Å². The van der Waals surface area contributed by atoms with Gasteiger partial charge in [-0.05, 0) is 124 Å². The molecule has 4 aromatic carbocycles. The molecule has 2 N–H and O–H groups in total. The first-order valence-corrected chi connectivity index (χ1v) is 20.4. The summed E-state index contributed by atoms with van der Waals surface area (Å²) in [5, 5.41) is 6.51. The number of esters is 2. The fourth-order valence-corrected chi connectivity index (χ4v) is 8.91. The van der Waals surface area contributed by atoms with Crippen molar-refractivity contribution in [2.45, 2.75) is 70.2 Å². The van der Waals surface area contributed by atoms with E-state index in [4.69, 9.17) is 9.47 Å². The zero-order valence-corrected chi connectivity index (χ0v) is 33.2. The van der Waals surface area contributed by atoms with Gasteiger partial charge in [-0.2, -0.15) is 4.31 Å². The Bertz CT molecular complexity index is 2040. The first-order chi connectivity index (χ1) is 26.5. The normalized spacial score (nSPS) is 15.6. The van der Waals surface area contributed by atoms with Crippen LogP contribution in [0.3, 0.4) is 0 Å². The summed E-state index contributed by atoms with van der Waals surface area (Å²) in [6, 6.07) is 27.3. The van der Waals surface area contributed by atoms with Crippen LogP contribution in [0, 0.1) is 5.92 Å². The van der Waals surface area contributed by atoms with Gasteiger partial charge in [0, 0.05) is 42.6 Å². The van der Waals surface area contributed by atoms with Crippen LogP contribution in [-0.4, -0.2) is 70.5 Å². The number of aryl methyl sites for hydroxylation is 2. The number of anilines is 4. The molecule has 55 heavy (non-hydrogen) atoms. The van der Waals surface area contributed by atoms with E-state index in [9.17, 15) is 22.8 Å². The molecule has 11 nitrogen and oxygen atoms in total. The van der Waals surface area contributed by atoms with E-state index in [1.165, 1.54) is 30.7 Å². The highest BCUT2D eigenvalue weighted by Gasteiger charge is 2.35. The minimum absolute atomic E-state index is 0.0469. The number of carbonyl (C=O) groups excluding carboxylic acids is 3. The van der Waals surface area contributed by atoms with E-state index in [0.717, 1.165) is 48.4 Å². The van der Waals surface area contributed by atoms with Gasteiger partial charge in [0.05, 0.1) is 42.0 Å². The van der Waals surface area contributed by atoms with E-state index in [1.54, 1.807) is 31.2 Å². The maximum atomic E-state index is 13.9. The van der Waals surface area contributed by atoms with E-state index in [2.05, 4.69) is 41.5 Å². The summed E-state index contributed by atoms with van der Waals surface area (Å²) in [6.07, 6.45) is 3.88. The van der Waals surface area contributed by atoms with Crippen molar-refractivity contribution < 1.29 is 32.3 Å². The van der Waals surface area contributed by atoms with Crippen molar-refractivity contribution in [3.05, 3.63) is 113 Å². The molecule has 0 aromatic heterocycles. The Morgan fingerprint density at radius 2 is 1.35 bits per heavy atom. The van der Waals surface area contributed by atoms with E-state index < -0.39 is 15.9 Å². The third kappa shape index (κ3) is 10.1. The highest BCUT2D eigenvalue weighted by Crippen LogP contribution is 2.33. The van der Waals surface area contributed by atoms with Crippen molar-refractivity contribution in [2.75, 3.05) is 49.4 Å². The molecule has 0 bridgehead atoms. The Labute approximate surface area is 325 Å². The van der Waals surface area contributed by atoms with Gasteiger partial charge in [-0.15, -0.1) is 0 Å². The van der Waals surface area contributed by atoms with Crippen molar-refractivity contribution in [2.24, 2.45) is 5.92 Å². The minimum Gasteiger partial charge on any atom is -0.469 e. The highest BCUT2D eigenvalue weighted by molar-refractivity contribution is 7.89. The molecule has 1 fully saturated rings. The second-order valence-electron chi connectivity index (χ2n) is 13.6. The fourth-order valence-electron chi connectivity index (χ4n) is 7.17. The number of hydrogen-bond acceptors (Lipinski definition) is 9.